The third-order valence-corrected chi connectivity index (χ3v) is 4.05. The van der Waals surface area contributed by atoms with E-state index in [0.29, 0.717) is 28.4 Å². The molecule has 0 atom stereocenters. The standard InChI is InChI=1S/C22H22N4O4/c1-15(27)25-19-8-3-6-17(12-19)23-14-21(28)26-18-7-2-5-16(11-18)22(29)24-13-20-9-4-10-30-20/h2-12,23H,13-14H2,1H3,(H,24,29)(H,25,27)(H,26,28). The van der Waals surface area contributed by atoms with Crippen molar-refractivity contribution < 1.29 is 18.8 Å². The Balaban J connectivity index is 1.52. The highest BCUT2D eigenvalue weighted by atomic mass is 16.3. The van der Waals surface area contributed by atoms with Gasteiger partial charge in [0.25, 0.3) is 5.91 Å². The highest BCUT2D eigenvalue weighted by Crippen LogP contribution is 2.15. The second-order valence-electron chi connectivity index (χ2n) is 6.51. The van der Waals surface area contributed by atoms with Gasteiger partial charge in [-0.2, -0.15) is 0 Å². The number of amides is 3. The largest absolute Gasteiger partial charge is 0.467 e. The van der Waals surface area contributed by atoms with E-state index in [2.05, 4.69) is 21.3 Å². The fourth-order valence-electron chi connectivity index (χ4n) is 2.72. The molecule has 0 fully saturated rings. The smallest absolute Gasteiger partial charge is 0.251 e. The van der Waals surface area contributed by atoms with Crippen molar-refractivity contribution in [1.29, 1.82) is 0 Å². The first-order valence-corrected chi connectivity index (χ1v) is 9.31. The fraction of sp³-hybridized carbons (Fsp3) is 0.136. The van der Waals surface area contributed by atoms with Crippen LogP contribution in [-0.2, 0) is 16.1 Å². The first-order valence-electron chi connectivity index (χ1n) is 9.31. The van der Waals surface area contributed by atoms with Gasteiger partial charge in [0.15, 0.2) is 0 Å². The minimum Gasteiger partial charge on any atom is -0.467 e. The molecule has 30 heavy (non-hydrogen) atoms. The molecule has 0 saturated carbocycles. The van der Waals surface area contributed by atoms with Gasteiger partial charge in [0, 0.05) is 29.5 Å². The van der Waals surface area contributed by atoms with Crippen molar-refractivity contribution in [2.24, 2.45) is 0 Å². The predicted molar refractivity (Wildman–Crippen MR) is 114 cm³/mol. The van der Waals surface area contributed by atoms with E-state index in [4.69, 9.17) is 4.42 Å². The van der Waals surface area contributed by atoms with Crippen LogP contribution in [0.1, 0.15) is 23.0 Å². The molecule has 0 bridgehead atoms. The lowest BCUT2D eigenvalue weighted by atomic mass is 10.2. The summed E-state index contributed by atoms with van der Waals surface area (Å²) in [4.78, 5) is 35.7. The molecule has 2 aromatic carbocycles. The molecule has 0 aliphatic heterocycles. The second-order valence-corrected chi connectivity index (χ2v) is 6.51. The van der Waals surface area contributed by atoms with Crippen molar-refractivity contribution in [2.45, 2.75) is 13.5 Å². The van der Waals surface area contributed by atoms with E-state index in [-0.39, 0.29) is 30.8 Å². The van der Waals surface area contributed by atoms with Crippen LogP contribution in [0.5, 0.6) is 0 Å². The minimum atomic E-state index is -0.270. The summed E-state index contributed by atoms with van der Waals surface area (Å²) in [5, 5.41) is 11.2. The lowest BCUT2D eigenvalue weighted by molar-refractivity contribution is -0.115. The molecule has 1 heterocycles. The number of furan rings is 1. The van der Waals surface area contributed by atoms with E-state index in [1.54, 1.807) is 66.9 Å². The maximum Gasteiger partial charge on any atom is 0.251 e. The summed E-state index contributed by atoms with van der Waals surface area (Å²) in [6.45, 7) is 1.74. The molecular weight excluding hydrogens is 384 g/mol. The Labute approximate surface area is 173 Å². The van der Waals surface area contributed by atoms with Crippen molar-refractivity contribution in [1.82, 2.24) is 5.32 Å². The van der Waals surface area contributed by atoms with Gasteiger partial charge in [-0.25, -0.2) is 0 Å². The summed E-state index contributed by atoms with van der Waals surface area (Å²) in [6.07, 6.45) is 1.54. The van der Waals surface area contributed by atoms with Gasteiger partial charge in [-0.15, -0.1) is 0 Å². The number of hydrogen-bond donors (Lipinski definition) is 4. The molecule has 154 valence electrons. The Bertz CT molecular complexity index is 1030. The second kappa shape index (κ2) is 9.92. The molecule has 1 aromatic heterocycles. The molecule has 0 radical (unpaired) electrons. The van der Waals surface area contributed by atoms with Crippen LogP contribution in [0.2, 0.25) is 0 Å². The fourth-order valence-corrected chi connectivity index (χ4v) is 2.72. The maximum absolute atomic E-state index is 12.3. The van der Waals surface area contributed by atoms with Crippen molar-refractivity contribution in [3.8, 4) is 0 Å². The lowest BCUT2D eigenvalue weighted by Crippen LogP contribution is -2.24. The molecule has 3 rings (SSSR count). The molecular formula is C22H22N4O4. The molecule has 8 heteroatoms. The van der Waals surface area contributed by atoms with Gasteiger partial charge in [0.2, 0.25) is 11.8 Å². The molecule has 0 unspecified atom stereocenters. The quantitative estimate of drug-likeness (QED) is 0.459. The van der Waals surface area contributed by atoms with Gasteiger partial charge >= 0.3 is 0 Å². The highest BCUT2D eigenvalue weighted by Gasteiger charge is 2.09. The predicted octanol–water partition coefficient (Wildman–Crippen LogP) is 3.22. The van der Waals surface area contributed by atoms with Crippen LogP contribution in [0.15, 0.2) is 71.3 Å². The topological polar surface area (TPSA) is 112 Å². The number of carbonyl (C=O) groups excluding carboxylic acids is 3. The summed E-state index contributed by atoms with van der Waals surface area (Å²) >= 11 is 0. The Kier molecular flexibility index (Phi) is 6.83. The van der Waals surface area contributed by atoms with Crippen molar-refractivity contribution in [3.05, 3.63) is 78.3 Å². The zero-order valence-electron chi connectivity index (χ0n) is 16.4. The zero-order valence-corrected chi connectivity index (χ0v) is 16.4. The van der Waals surface area contributed by atoms with Crippen LogP contribution in [0.3, 0.4) is 0 Å². The monoisotopic (exact) mass is 406 g/mol. The Morgan fingerprint density at radius 2 is 1.60 bits per heavy atom. The SMILES string of the molecule is CC(=O)Nc1cccc(NCC(=O)Nc2cccc(C(=O)NCc3ccco3)c2)c1. The van der Waals surface area contributed by atoms with Gasteiger partial charge in [-0.05, 0) is 48.5 Å². The first-order chi connectivity index (χ1) is 14.5. The van der Waals surface area contributed by atoms with E-state index >= 15 is 0 Å². The average Bonchev–Trinajstić information content (AvgIpc) is 3.24. The van der Waals surface area contributed by atoms with Crippen molar-refractivity contribution in [3.63, 3.8) is 0 Å². The zero-order chi connectivity index (χ0) is 21.3. The van der Waals surface area contributed by atoms with Gasteiger partial charge in [-0.3, -0.25) is 14.4 Å². The molecule has 4 N–H and O–H groups in total. The lowest BCUT2D eigenvalue weighted by Gasteiger charge is -2.10. The average molecular weight is 406 g/mol. The number of benzene rings is 2. The molecule has 0 saturated heterocycles. The normalized spacial score (nSPS) is 10.2. The summed E-state index contributed by atoms with van der Waals surface area (Å²) in [5.74, 6) is -0.0529. The summed E-state index contributed by atoms with van der Waals surface area (Å²) < 4.78 is 5.19. The van der Waals surface area contributed by atoms with Crippen molar-refractivity contribution in [2.75, 3.05) is 22.5 Å². The van der Waals surface area contributed by atoms with E-state index in [9.17, 15) is 14.4 Å². The summed E-state index contributed by atoms with van der Waals surface area (Å²) in [6, 6.07) is 17.3. The van der Waals surface area contributed by atoms with Crippen LogP contribution in [0.25, 0.3) is 0 Å². The number of carbonyl (C=O) groups is 3. The number of hydrogen-bond acceptors (Lipinski definition) is 5. The van der Waals surface area contributed by atoms with Crippen molar-refractivity contribution >= 4 is 34.8 Å². The van der Waals surface area contributed by atoms with Crippen LogP contribution in [0, 0.1) is 0 Å². The van der Waals surface area contributed by atoms with Crippen LogP contribution >= 0.6 is 0 Å². The third-order valence-electron chi connectivity index (χ3n) is 4.05. The molecule has 3 aromatic rings. The Morgan fingerprint density at radius 1 is 0.867 bits per heavy atom. The van der Waals surface area contributed by atoms with Gasteiger partial charge in [0.05, 0.1) is 19.4 Å². The van der Waals surface area contributed by atoms with E-state index in [1.165, 1.54) is 6.92 Å². The summed E-state index contributed by atoms with van der Waals surface area (Å²) in [5.41, 5.74) is 2.28. The van der Waals surface area contributed by atoms with Crippen LogP contribution < -0.4 is 21.3 Å². The maximum atomic E-state index is 12.3. The Hall–Kier alpha value is -4.07. The molecule has 8 nitrogen and oxygen atoms in total. The minimum absolute atomic E-state index is 0.0262. The molecule has 0 spiro atoms. The molecule has 3 amide bonds. The van der Waals surface area contributed by atoms with Crippen LogP contribution in [0.4, 0.5) is 17.1 Å². The third kappa shape index (κ3) is 6.23. The first kappa shape index (κ1) is 20.7. The van der Waals surface area contributed by atoms with E-state index in [0.717, 1.165) is 0 Å². The summed E-state index contributed by atoms with van der Waals surface area (Å²) in [7, 11) is 0. The van der Waals surface area contributed by atoms with E-state index < -0.39 is 0 Å². The number of anilines is 3. The van der Waals surface area contributed by atoms with Crippen LogP contribution in [-0.4, -0.2) is 24.3 Å². The van der Waals surface area contributed by atoms with Gasteiger partial charge < -0.3 is 25.7 Å². The number of rotatable bonds is 8. The van der Waals surface area contributed by atoms with E-state index in [1.807, 2.05) is 0 Å². The van der Waals surface area contributed by atoms with Gasteiger partial charge in [0.1, 0.15) is 5.76 Å². The highest BCUT2D eigenvalue weighted by molar-refractivity contribution is 5.98. The molecule has 0 aliphatic rings. The Morgan fingerprint density at radius 3 is 2.33 bits per heavy atom. The molecule has 0 aliphatic carbocycles. The number of nitrogens with one attached hydrogen (secondary N) is 4. The van der Waals surface area contributed by atoms with Gasteiger partial charge in [-0.1, -0.05) is 12.1 Å².